The van der Waals surface area contributed by atoms with Gasteiger partial charge in [0.25, 0.3) is 5.91 Å². The van der Waals surface area contributed by atoms with E-state index < -0.39 is 0 Å². The van der Waals surface area contributed by atoms with E-state index in [2.05, 4.69) is 12.1 Å². The van der Waals surface area contributed by atoms with Crippen molar-refractivity contribution >= 4 is 17.3 Å². The zero-order valence-electron chi connectivity index (χ0n) is 14.2. The number of amides is 1. The molecule has 24 heavy (non-hydrogen) atoms. The molecule has 0 spiro atoms. The van der Waals surface area contributed by atoms with Crippen LogP contribution < -0.4 is 0 Å². The van der Waals surface area contributed by atoms with Gasteiger partial charge in [0.2, 0.25) is 0 Å². The Labute approximate surface area is 142 Å². The van der Waals surface area contributed by atoms with Gasteiger partial charge in [0.15, 0.2) is 0 Å². The lowest BCUT2D eigenvalue weighted by molar-refractivity contribution is -0.121. The third-order valence-electron chi connectivity index (χ3n) is 4.13. The maximum Gasteiger partial charge on any atom is 0.273 e. The maximum atomic E-state index is 12.4. The summed E-state index contributed by atoms with van der Waals surface area (Å²) in [4.78, 5) is 23.6. The van der Waals surface area contributed by atoms with Gasteiger partial charge in [-0.2, -0.15) is 0 Å². The van der Waals surface area contributed by atoms with Crippen molar-refractivity contribution in [2.24, 2.45) is 9.98 Å². The van der Waals surface area contributed by atoms with E-state index in [-0.39, 0.29) is 18.0 Å². The minimum Gasteiger partial charge on any atom is -0.343 e. The number of benzene rings is 2. The molecule has 0 saturated carbocycles. The van der Waals surface area contributed by atoms with Crippen molar-refractivity contribution in [1.29, 1.82) is 0 Å². The van der Waals surface area contributed by atoms with Crippen LogP contribution >= 0.6 is 0 Å². The summed E-state index contributed by atoms with van der Waals surface area (Å²) in [5.41, 5.74) is 3.30. The van der Waals surface area contributed by atoms with Crippen molar-refractivity contribution in [3.8, 4) is 0 Å². The monoisotopic (exact) mass is 319 g/mol. The Morgan fingerprint density at radius 2 is 1.29 bits per heavy atom. The van der Waals surface area contributed by atoms with E-state index in [0.717, 1.165) is 11.1 Å². The number of hydrogen-bond donors (Lipinski definition) is 0. The quantitative estimate of drug-likeness (QED) is 0.854. The van der Waals surface area contributed by atoms with Gasteiger partial charge in [0.05, 0.1) is 5.71 Å². The summed E-state index contributed by atoms with van der Waals surface area (Å²) in [6.07, 6.45) is 0. The Hall–Kier alpha value is -2.75. The highest BCUT2D eigenvalue weighted by Gasteiger charge is 2.31. The number of rotatable bonds is 3. The predicted octanol–water partition coefficient (Wildman–Crippen LogP) is 3.47. The highest BCUT2D eigenvalue weighted by molar-refractivity contribution is 6.66. The third-order valence-corrected chi connectivity index (χ3v) is 4.13. The Bertz CT molecular complexity index is 779. The summed E-state index contributed by atoms with van der Waals surface area (Å²) in [5, 5.41) is 0. The molecule has 2 unspecified atom stereocenters. The predicted molar refractivity (Wildman–Crippen MR) is 97.6 cm³/mol. The summed E-state index contributed by atoms with van der Waals surface area (Å²) in [6.45, 7) is 1.86. The maximum absolute atomic E-state index is 12.4. The van der Waals surface area contributed by atoms with Crippen LogP contribution in [0.1, 0.15) is 30.1 Å². The minimum atomic E-state index is -0.198. The summed E-state index contributed by atoms with van der Waals surface area (Å²) < 4.78 is 0. The molecular formula is C20H21N3O. The average Bonchev–Trinajstić information content (AvgIpc) is 2.62. The van der Waals surface area contributed by atoms with E-state index >= 15 is 0 Å². The van der Waals surface area contributed by atoms with Crippen LogP contribution in [0.4, 0.5) is 0 Å². The van der Waals surface area contributed by atoms with Crippen molar-refractivity contribution < 1.29 is 4.79 Å². The first kappa shape index (κ1) is 16.1. The van der Waals surface area contributed by atoms with Crippen LogP contribution in [0.15, 0.2) is 70.6 Å². The molecule has 4 nitrogen and oxygen atoms in total. The topological polar surface area (TPSA) is 45.0 Å². The molecule has 1 heterocycles. The zero-order chi connectivity index (χ0) is 17.1. The van der Waals surface area contributed by atoms with Gasteiger partial charge >= 0.3 is 0 Å². The molecule has 0 aromatic heterocycles. The lowest BCUT2D eigenvalue weighted by atomic mass is 9.92. The van der Waals surface area contributed by atoms with Crippen LogP contribution in [0.2, 0.25) is 0 Å². The van der Waals surface area contributed by atoms with Crippen LogP contribution in [0.5, 0.6) is 0 Å². The lowest BCUT2D eigenvalue weighted by Crippen LogP contribution is -2.37. The zero-order valence-corrected chi connectivity index (χ0v) is 14.2. The second-order valence-corrected chi connectivity index (χ2v) is 6.10. The molecule has 1 amide bonds. The van der Waals surface area contributed by atoms with Crippen LogP contribution in [-0.2, 0) is 4.79 Å². The van der Waals surface area contributed by atoms with E-state index in [1.165, 1.54) is 0 Å². The van der Waals surface area contributed by atoms with Gasteiger partial charge in [-0.3, -0.25) is 14.8 Å². The average molecular weight is 319 g/mol. The first-order valence-electron chi connectivity index (χ1n) is 8.02. The molecule has 4 heteroatoms. The van der Waals surface area contributed by atoms with Crippen LogP contribution in [-0.4, -0.2) is 36.3 Å². The molecule has 0 aliphatic carbocycles. The van der Waals surface area contributed by atoms with E-state index in [4.69, 9.17) is 9.98 Å². The Morgan fingerprint density at radius 1 is 0.833 bits per heavy atom. The Kier molecular flexibility index (Phi) is 4.56. The number of carbonyl (C=O) groups excluding carboxylic acids is 1. The molecular weight excluding hydrogens is 298 g/mol. The normalized spacial score (nSPS) is 20.1. The number of hydrogen-bond acceptors (Lipinski definition) is 3. The molecule has 2 atom stereocenters. The largest absolute Gasteiger partial charge is 0.343 e. The van der Waals surface area contributed by atoms with Gasteiger partial charge in [0, 0.05) is 14.1 Å². The lowest BCUT2D eigenvalue weighted by Gasteiger charge is -2.28. The fraction of sp³-hybridized carbons (Fsp3) is 0.250. The Morgan fingerprint density at radius 3 is 1.75 bits per heavy atom. The summed E-state index contributed by atoms with van der Waals surface area (Å²) in [6, 6.07) is 19.9. The van der Waals surface area contributed by atoms with Crippen molar-refractivity contribution in [3.63, 3.8) is 0 Å². The second-order valence-electron chi connectivity index (χ2n) is 6.10. The first-order chi connectivity index (χ1) is 11.6. The van der Waals surface area contributed by atoms with Gasteiger partial charge in [0.1, 0.15) is 17.8 Å². The number of carbonyl (C=O) groups is 1. The summed E-state index contributed by atoms with van der Waals surface area (Å²) in [7, 11) is 3.47. The standard InChI is InChI=1S/C20H21N3O/c1-14-17(20(24)23(2)3)22-19(16-12-8-5-9-13-16)18(21-14)15-10-6-4-7-11-15/h4-13,18-19H,1-3H3. The fourth-order valence-electron chi connectivity index (χ4n) is 2.88. The molecule has 0 fully saturated rings. The summed E-state index contributed by atoms with van der Waals surface area (Å²) in [5.74, 6) is -0.108. The molecule has 0 bridgehead atoms. The SMILES string of the molecule is CC1=NC(c2ccccc2)C(c2ccccc2)N=C1C(=O)N(C)C. The molecule has 3 rings (SSSR count). The molecule has 0 saturated heterocycles. The van der Waals surface area contributed by atoms with Crippen molar-refractivity contribution in [1.82, 2.24) is 4.90 Å². The van der Waals surface area contributed by atoms with Gasteiger partial charge < -0.3 is 4.90 Å². The minimum absolute atomic E-state index is 0.108. The van der Waals surface area contributed by atoms with Gasteiger partial charge in [-0.05, 0) is 18.1 Å². The highest BCUT2D eigenvalue weighted by atomic mass is 16.2. The fourth-order valence-corrected chi connectivity index (χ4v) is 2.88. The van der Waals surface area contributed by atoms with E-state index in [0.29, 0.717) is 11.4 Å². The van der Waals surface area contributed by atoms with E-state index in [1.807, 2.05) is 55.5 Å². The van der Waals surface area contributed by atoms with Gasteiger partial charge in [-0.1, -0.05) is 60.7 Å². The molecule has 0 N–H and O–H groups in total. The second kappa shape index (κ2) is 6.79. The van der Waals surface area contributed by atoms with Crippen molar-refractivity contribution in [3.05, 3.63) is 71.8 Å². The molecule has 0 radical (unpaired) electrons. The van der Waals surface area contributed by atoms with Crippen LogP contribution in [0.25, 0.3) is 0 Å². The molecule has 2 aromatic rings. The molecule has 122 valence electrons. The van der Waals surface area contributed by atoms with Crippen molar-refractivity contribution in [2.45, 2.75) is 19.0 Å². The third kappa shape index (κ3) is 3.13. The number of nitrogens with zero attached hydrogens (tertiary/aromatic N) is 3. The van der Waals surface area contributed by atoms with E-state index in [9.17, 15) is 4.79 Å². The number of aliphatic imine (C=N–C) groups is 2. The van der Waals surface area contributed by atoms with E-state index in [1.54, 1.807) is 19.0 Å². The van der Waals surface area contributed by atoms with Gasteiger partial charge in [-0.15, -0.1) is 0 Å². The Balaban J connectivity index is 2.08. The van der Waals surface area contributed by atoms with Gasteiger partial charge in [-0.25, -0.2) is 0 Å². The first-order valence-corrected chi connectivity index (χ1v) is 8.02. The van der Waals surface area contributed by atoms with Crippen LogP contribution in [0, 0.1) is 0 Å². The van der Waals surface area contributed by atoms with Crippen molar-refractivity contribution in [2.75, 3.05) is 14.1 Å². The highest BCUT2D eigenvalue weighted by Crippen LogP contribution is 2.38. The smallest absolute Gasteiger partial charge is 0.273 e. The van der Waals surface area contributed by atoms with Crippen LogP contribution in [0.3, 0.4) is 0 Å². The molecule has 1 aliphatic rings. The molecule has 1 aliphatic heterocycles. The molecule has 2 aromatic carbocycles. The summed E-state index contributed by atoms with van der Waals surface area (Å²) >= 11 is 0.